The van der Waals surface area contributed by atoms with Crippen molar-refractivity contribution in [3.05, 3.63) is 35.4 Å². The van der Waals surface area contributed by atoms with Crippen LogP contribution in [0.2, 0.25) is 0 Å². The van der Waals surface area contributed by atoms with E-state index in [2.05, 4.69) is 17.4 Å². The molecule has 0 bridgehead atoms. The van der Waals surface area contributed by atoms with Crippen LogP contribution < -0.4 is 5.32 Å². The van der Waals surface area contributed by atoms with Gasteiger partial charge in [0.15, 0.2) is 0 Å². The molecule has 0 heterocycles. The highest BCUT2D eigenvalue weighted by Crippen LogP contribution is 2.32. The van der Waals surface area contributed by atoms with E-state index in [0.717, 1.165) is 19.3 Å². The number of hydrogen-bond acceptors (Lipinski definition) is 3. The number of fused-ring (bicyclic) bond motifs is 1. The molecule has 1 aromatic rings. The van der Waals surface area contributed by atoms with Crippen molar-refractivity contribution in [2.75, 3.05) is 6.61 Å². The summed E-state index contributed by atoms with van der Waals surface area (Å²) >= 11 is 0. The lowest BCUT2D eigenvalue weighted by atomic mass is 9.89. The lowest BCUT2D eigenvalue weighted by Gasteiger charge is -2.27. The molecule has 2 atom stereocenters. The molecule has 1 aliphatic rings. The predicted molar refractivity (Wildman–Crippen MR) is 77.8 cm³/mol. The molecule has 4 nitrogen and oxygen atoms in total. The van der Waals surface area contributed by atoms with E-state index in [1.54, 1.807) is 0 Å². The van der Waals surface area contributed by atoms with Gasteiger partial charge in [0.1, 0.15) is 6.04 Å². The number of carboxylic acids is 1. The quantitative estimate of drug-likeness (QED) is 0.839. The molecule has 0 aliphatic heterocycles. The molecule has 2 rings (SSSR count). The molecule has 2 N–H and O–H groups in total. The summed E-state index contributed by atoms with van der Waals surface area (Å²) in [5.74, 6) is -0.859. The third kappa shape index (κ3) is 3.81. The maximum atomic E-state index is 11.2. The van der Waals surface area contributed by atoms with Crippen LogP contribution in [0.5, 0.6) is 0 Å². The van der Waals surface area contributed by atoms with E-state index in [1.807, 2.05) is 26.0 Å². The second-order valence-corrected chi connectivity index (χ2v) is 5.63. The second kappa shape index (κ2) is 6.86. The Labute approximate surface area is 120 Å². The van der Waals surface area contributed by atoms with Crippen LogP contribution in [0.4, 0.5) is 0 Å². The van der Waals surface area contributed by atoms with E-state index in [9.17, 15) is 9.90 Å². The zero-order valence-corrected chi connectivity index (χ0v) is 12.1. The van der Waals surface area contributed by atoms with E-state index in [4.69, 9.17) is 4.74 Å². The molecule has 0 saturated carbocycles. The van der Waals surface area contributed by atoms with Gasteiger partial charge in [-0.15, -0.1) is 0 Å². The average Bonchev–Trinajstić information content (AvgIpc) is 2.42. The van der Waals surface area contributed by atoms with E-state index in [-0.39, 0.29) is 18.8 Å². The molecular formula is C16H23NO3. The number of carbonyl (C=O) groups is 1. The molecule has 110 valence electrons. The van der Waals surface area contributed by atoms with E-state index in [0.29, 0.717) is 0 Å². The molecular weight excluding hydrogens is 254 g/mol. The molecule has 0 fully saturated rings. The van der Waals surface area contributed by atoms with Crippen molar-refractivity contribution in [1.29, 1.82) is 0 Å². The van der Waals surface area contributed by atoms with Crippen LogP contribution >= 0.6 is 0 Å². The molecule has 0 aromatic heterocycles. The van der Waals surface area contributed by atoms with Crippen molar-refractivity contribution >= 4 is 5.97 Å². The minimum Gasteiger partial charge on any atom is -0.480 e. The minimum atomic E-state index is -0.859. The first kappa shape index (κ1) is 15.0. The van der Waals surface area contributed by atoms with Gasteiger partial charge in [-0.25, -0.2) is 0 Å². The normalized spacial score (nSPS) is 19.6. The fraction of sp³-hybridized carbons (Fsp3) is 0.562. The Bertz CT molecular complexity index is 459. The summed E-state index contributed by atoms with van der Waals surface area (Å²) in [7, 11) is 0. The Morgan fingerprint density at radius 3 is 2.90 bits per heavy atom. The number of benzene rings is 1. The van der Waals surface area contributed by atoms with E-state index in [1.165, 1.54) is 11.1 Å². The second-order valence-electron chi connectivity index (χ2n) is 5.63. The Kier molecular flexibility index (Phi) is 5.15. The molecule has 0 amide bonds. The Morgan fingerprint density at radius 2 is 2.20 bits per heavy atom. The van der Waals surface area contributed by atoms with Crippen molar-refractivity contribution in [3.8, 4) is 0 Å². The molecule has 2 unspecified atom stereocenters. The first-order valence-electron chi connectivity index (χ1n) is 7.26. The van der Waals surface area contributed by atoms with Crippen LogP contribution in [0.3, 0.4) is 0 Å². The summed E-state index contributed by atoms with van der Waals surface area (Å²) in [6.07, 6.45) is 3.17. The maximum absolute atomic E-state index is 11.2. The van der Waals surface area contributed by atoms with Gasteiger partial charge in [-0.1, -0.05) is 38.1 Å². The van der Waals surface area contributed by atoms with Crippen molar-refractivity contribution in [1.82, 2.24) is 5.32 Å². The highest BCUT2D eigenvalue weighted by atomic mass is 16.5. The molecule has 0 spiro atoms. The summed E-state index contributed by atoms with van der Waals surface area (Å²) in [5, 5.41) is 12.2. The fourth-order valence-electron chi connectivity index (χ4n) is 2.69. The van der Waals surface area contributed by atoms with Gasteiger partial charge >= 0.3 is 5.97 Å². The maximum Gasteiger partial charge on any atom is 0.323 e. The summed E-state index contributed by atoms with van der Waals surface area (Å²) < 4.78 is 5.89. The average molecular weight is 277 g/mol. The third-order valence-electron chi connectivity index (χ3n) is 3.61. The number of ether oxygens (including phenoxy) is 1. The SMILES string of the molecule is CC(C)NC(COC1CCCc2ccccc21)C(=O)O. The first-order chi connectivity index (χ1) is 9.58. The number of aryl methyl sites for hydroxylation is 1. The van der Waals surface area contributed by atoms with Crippen molar-refractivity contribution in [3.63, 3.8) is 0 Å². The molecule has 0 radical (unpaired) electrons. The summed E-state index contributed by atoms with van der Waals surface area (Å²) in [5.41, 5.74) is 2.54. The molecule has 1 aliphatic carbocycles. The predicted octanol–water partition coefficient (Wildman–Crippen LogP) is 2.53. The molecule has 1 aromatic carbocycles. The van der Waals surface area contributed by atoms with Gasteiger partial charge in [0.2, 0.25) is 0 Å². The number of carboxylic acid groups (broad SMARTS) is 1. The lowest BCUT2D eigenvalue weighted by Crippen LogP contribution is -2.44. The molecule has 4 heteroatoms. The number of aliphatic carboxylic acids is 1. The number of rotatable bonds is 6. The summed E-state index contributed by atoms with van der Waals surface area (Å²) in [6, 6.07) is 7.75. The van der Waals surface area contributed by atoms with E-state index < -0.39 is 12.0 Å². The van der Waals surface area contributed by atoms with Gasteiger partial charge in [0.25, 0.3) is 0 Å². The Balaban J connectivity index is 1.98. The summed E-state index contributed by atoms with van der Waals surface area (Å²) in [6.45, 7) is 4.07. The van der Waals surface area contributed by atoms with Crippen LogP contribution in [-0.2, 0) is 16.0 Å². The Hall–Kier alpha value is -1.39. The van der Waals surface area contributed by atoms with Crippen molar-refractivity contribution in [2.45, 2.75) is 51.3 Å². The highest BCUT2D eigenvalue weighted by Gasteiger charge is 2.24. The van der Waals surface area contributed by atoms with Crippen molar-refractivity contribution in [2.24, 2.45) is 0 Å². The van der Waals surface area contributed by atoms with Gasteiger partial charge in [0, 0.05) is 6.04 Å². The molecule has 0 saturated heterocycles. The van der Waals surface area contributed by atoms with Crippen LogP contribution in [0.15, 0.2) is 24.3 Å². The highest BCUT2D eigenvalue weighted by molar-refractivity contribution is 5.73. The van der Waals surface area contributed by atoms with Crippen LogP contribution in [-0.4, -0.2) is 29.8 Å². The fourth-order valence-corrected chi connectivity index (χ4v) is 2.69. The first-order valence-corrected chi connectivity index (χ1v) is 7.26. The monoisotopic (exact) mass is 277 g/mol. The van der Waals surface area contributed by atoms with Crippen molar-refractivity contribution < 1.29 is 14.6 Å². The molecule has 20 heavy (non-hydrogen) atoms. The summed E-state index contributed by atoms with van der Waals surface area (Å²) in [4.78, 5) is 11.2. The smallest absolute Gasteiger partial charge is 0.323 e. The standard InChI is InChI=1S/C16H23NO3/c1-11(2)17-14(16(18)19)10-20-15-9-5-7-12-6-3-4-8-13(12)15/h3-4,6,8,11,14-15,17H,5,7,9-10H2,1-2H3,(H,18,19). The topological polar surface area (TPSA) is 58.6 Å². The zero-order valence-electron chi connectivity index (χ0n) is 12.1. The zero-order chi connectivity index (χ0) is 14.5. The third-order valence-corrected chi connectivity index (χ3v) is 3.61. The largest absolute Gasteiger partial charge is 0.480 e. The Morgan fingerprint density at radius 1 is 1.45 bits per heavy atom. The number of hydrogen-bond donors (Lipinski definition) is 2. The minimum absolute atomic E-state index is 0.0239. The van der Waals surface area contributed by atoms with Gasteiger partial charge in [-0.05, 0) is 30.4 Å². The van der Waals surface area contributed by atoms with Gasteiger partial charge < -0.3 is 15.2 Å². The number of nitrogens with one attached hydrogen (secondary N) is 1. The van der Waals surface area contributed by atoms with Gasteiger partial charge in [-0.3, -0.25) is 4.79 Å². The van der Waals surface area contributed by atoms with Gasteiger partial charge in [-0.2, -0.15) is 0 Å². The van der Waals surface area contributed by atoms with Crippen LogP contribution in [0, 0.1) is 0 Å². The van der Waals surface area contributed by atoms with E-state index >= 15 is 0 Å². The van der Waals surface area contributed by atoms with Gasteiger partial charge in [0.05, 0.1) is 12.7 Å². The van der Waals surface area contributed by atoms with Crippen LogP contribution in [0.1, 0.15) is 43.9 Å². The lowest BCUT2D eigenvalue weighted by molar-refractivity contribution is -0.142. The van der Waals surface area contributed by atoms with Crippen LogP contribution in [0.25, 0.3) is 0 Å².